The Morgan fingerprint density at radius 2 is 2.12 bits per heavy atom. The fourth-order valence-corrected chi connectivity index (χ4v) is 4.80. The van der Waals surface area contributed by atoms with Crippen molar-refractivity contribution in [3.05, 3.63) is 45.1 Å². The smallest absolute Gasteiger partial charge is 0.260 e. The van der Waals surface area contributed by atoms with Gasteiger partial charge in [0.05, 0.1) is 12.0 Å². The first-order valence-electron chi connectivity index (χ1n) is 8.93. The molecule has 0 aliphatic heterocycles. The molecule has 3 aromatic rings. The minimum atomic E-state index is -0.0154. The Kier molecular flexibility index (Phi) is 4.34. The number of aromatic amines is 1. The van der Waals surface area contributed by atoms with Gasteiger partial charge in [0.2, 0.25) is 0 Å². The quantitative estimate of drug-likeness (QED) is 0.747. The van der Waals surface area contributed by atoms with Gasteiger partial charge in [-0.2, -0.15) is 0 Å². The van der Waals surface area contributed by atoms with E-state index in [0.29, 0.717) is 18.3 Å². The second kappa shape index (κ2) is 6.64. The number of rotatable bonds is 4. The molecule has 1 atom stereocenters. The Hall–Kier alpha value is -2.14. The van der Waals surface area contributed by atoms with Gasteiger partial charge >= 0.3 is 0 Å². The van der Waals surface area contributed by atoms with Crippen LogP contribution in [0.25, 0.3) is 21.6 Å². The summed E-state index contributed by atoms with van der Waals surface area (Å²) in [5.41, 5.74) is 2.11. The number of nitrogens with one attached hydrogen (secondary N) is 1. The lowest BCUT2D eigenvalue weighted by Gasteiger charge is -2.17. The van der Waals surface area contributed by atoms with E-state index in [0.717, 1.165) is 47.2 Å². The van der Waals surface area contributed by atoms with E-state index in [1.807, 2.05) is 24.3 Å². The molecule has 1 aromatic carbocycles. The fourth-order valence-electron chi connectivity index (χ4n) is 3.41. The summed E-state index contributed by atoms with van der Waals surface area (Å²) in [6.07, 6.45) is 4.19. The van der Waals surface area contributed by atoms with Gasteiger partial charge in [-0.15, -0.1) is 11.3 Å². The van der Waals surface area contributed by atoms with Crippen molar-refractivity contribution in [3.63, 3.8) is 0 Å². The van der Waals surface area contributed by atoms with Crippen LogP contribution in [0, 0.1) is 5.92 Å². The van der Waals surface area contributed by atoms with Gasteiger partial charge in [-0.1, -0.05) is 13.8 Å². The Morgan fingerprint density at radius 1 is 1.32 bits per heavy atom. The number of ether oxygens (including phenoxy) is 1. The van der Waals surface area contributed by atoms with Crippen LogP contribution < -0.4 is 10.3 Å². The Bertz CT molecular complexity index is 956. The molecular weight excluding hydrogens is 332 g/mol. The van der Waals surface area contributed by atoms with E-state index >= 15 is 0 Å². The molecule has 0 saturated heterocycles. The van der Waals surface area contributed by atoms with Crippen LogP contribution in [-0.2, 0) is 12.8 Å². The largest absolute Gasteiger partial charge is 0.494 e. The van der Waals surface area contributed by atoms with E-state index in [1.165, 1.54) is 10.4 Å². The summed E-state index contributed by atoms with van der Waals surface area (Å²) in [5, 5.41) is 0.804. The molecule has 4 nitrogen and oxygen atoms in total. The van der Waals surface area contributed by atoms with Crippen LogP contribution in [0.3, 0.4) is 0 Å². The molecule has 1 N–H and O–H groups in total. The van der Waals surface area contributed by atoms with Crippen molar-refractivity contribution in [3.8, 4) is 17.1 Å². The van der Waals surface area contributed by atoms with E-state index in [2.05, 4.69) is 18.8 Å². The normalized spacial score (nSPS) is 16.8. The van der Waals surface area contributed by atoms with Crippen molar-refractivity contribution in [1.82, 2.24) is 9.97 Å². The van der Waals surface area contributed by atoms with Gasteiger partial charge in [-0.05, 0) is 61.4 Å². The standard InChI is InChI=1S/C20H22N2O2S/c1-3-10-24-14-7-5-13(6-8-14)18-21-19(23)17-15-9-4-12(2)11-16(15)25-20(17)22-18/h5-8,12H,3-4,9-11H2,1-2H3,(H,21,22,23). The second-order valence-corrected chi connectivity index (χ2v) is 7.90. The van der Waals surface area contributed by atoms with Crippen molar-refractivity contribution in [2.24, 2.45) is 5.92 Å². The van der Waals surface area contributed by atoms with Gasteiger partial charge in [0.15, 0.2) is 0 Å². The van der Waals surface area contributed by atoms with Crippen LogP contribution in [0.2, 0.25) is 0 Å². The zero-order valence-electron chi connectivity index (χ0n) is 14.6. The Balaban J connectivity index is 1.73. The zero-order chi connectivity index (χ0) is 17.4. The number of aromatic nitrogens is 2. The minimum absolute atomic E-state index is 0.0154. The molecule has 130 valence electrons. The molecule has 25 heavy (non-hydrogen) atoms. The van der Waals surface area contributed by atoms with Crippen molar-refractivity contribution in [2.45, 2.75) is 39.5 Å². The lowest BCUT2D eigenvalue weighted by molar-refractivity contribution is 0.317. The molecule has 1 aliphatic carbocycles. The third-order valence-corrected chi connectivity index (χ3v) is 5.91. The number of hydrogen-bond acceptors (Lipinski definition) is 4. The van der Waals surface area contributed by atoms with Crippen molar-refractivity contribution in [1.29, 1.82) is 0 Å². The van der Waals surface area contributed by atoms with Crippen molar-refractivity contribution < 1.29 is 4.74 Å². The summed E-state index contributed by atoms with van der Waals surface area (Å²) >= 11 is 1.68. The number of H-pyrrole nitrogens is 1. The second-order valence-electron chi connectivity index (χ2n) is 6.82. The molecule has 0 saturated carbocycles. The number of benzene rings is 1. The van der Waals surface area contributed by atoms with Gasteiger partial charge in [-0.25, -0.2) is 4.98 Å². The minimum Gasteiger partial charge on any atom is -0.494 e. The van der Waals surface area contributed by atoms with Crippen LogP contribution >= 0.6 is 11.3 Å². The molecule has 2 heterocycles. The number of fused-ring (bicyclic) bond motifs is 3. The van der Waals surface area contributed by atoms with Gasteiger partial charge in [0, 0.05) is 10.4 Å². The van der Waals surface area contributed by atoms with Gasteiger partial charge in [0.25, 0.3) is 5.56 Å². The van der Waals surface area contributed by atoms with E-state index < -0.39 is 0 Å². The maximum absolute atomic E-state index is 12.7. The monoisotopic (exact) mass is 354 g/mol. The van der Waals surface area contributed by atoms with Gasteiger partial charge in [0.1, 0.15) is 16.4 Å². The summed E-state index contributed by atoms with van der Waals surface area (Å²) < 4.78 is 5.61. The highest BCUT2D eigenvalue weighted by atomic mass is 32.1. The lowest BCUT2D eigenvalue weighted by Crippen LogP contribution is -2.13. The number of hydrogen-bond donors (Lipinski definition) is 1. The molecule has 0 amide bonds. The number of thiophene rings is 1. The first kappa shape index (κ1) is 16.3. The molecule has 1 aliphatic rings. The molecule has 2 aromatic heterocycles. The predicted octanol–water partition coefficient (Wildman–Crippen LogP) is 4.57. The summed E-state index contributed by atoms with van der Waals surface area (Å²) in [6, 6.07) is 7.75. The summed E-state index contributed by atoms with van der Waals surface area (Å²) in [6.45, 7) is 5.07. The molecule has 0 bridgehead atoms. The maximum atomic E-state index is 12.7. The van der Waals surface area contributed by atoms with Crippen molar-refractivity contribution >= 4 is 21.6 Å². The summed E-state index contributed by atoms with van der Waals surface area (Å²) in [7, 11) is 0. The molecule has 0 radical (unpaired) electrons. The molecule has 1 unspecified atom stereocenters. The third kappa shape index (κ3) is 3.09. The van der Waals surface area contributed by atoms with Crippen LogP contribution in [0.15, 0.2) is 29.1 Å². The van der Waals surface area contributed by atoms with Crippen molar-refractivity contribution in [2.75, 3.05) is 6.61 Å². The topological polar surface area (TPSA) is 55.0 Å². The maximum Gasteiger partial charge on any atom is 0.260 e. The van der Waals surface area contributed by atoms with Crippen LogP contribution in [0.5, 0.6) is 5.75 Å². The molecular formula is C20H22N2O2S. The lowest BCUT2D eigenvalue weighted by atomic mass is 9.89. The Labute approximate surface area is 150 Å². The van der Waals surface area contributed by atoms with E-state index in [4.69, 9.17) is 9.72 Å². The predicted molar refractivity (Wildman–Crippen MR) is 103 cm³/mol. The van der Waals surface area contributed by atoms with Crippen LogP contribution in [0.1, 0.15) is 37.1 Å². The SMILES string of the molecule is CCCOc1ccc(-c2nc3sc4c(c3c(=O)[nH]2)CCC(C)C4)cc1. The average Bonchev–Trinajstić information content (AvgIpc) is 2.98. The zero-order valence-corrected chi connectivity index (χ0v) is 15.4. The third-order valence-electron chi connectivity index (χ3n) is 4.77. The van der Waals surface area contributed by atoms with Gasteiger partial charge in [-0.3, -0.25) is 4.79 Å². The summed E-state index contributed by atoms with van der Waals surface area (Å²) in [4.78, 5) is 22.6. The number of nitrogens with zero attached hydrogens (tertiary/aromatic N) is 1. The highest BCUT2D eigenvalue weighted by Gasteiger charge is 2.23. The molecule has 0 spiro atoms. The summed E-state index contributed by atoms with van der Waals surface area (Å²) in [5.74, 6) is 2.16. The molecule has 4 rings (SSSR count). The fraction of sp³-hybridized carbons (Fsp3) is 0.400. The number of aryl methyl sites for hydroxylation is 1. The van der Waals surface area contributed by atoms with Gasteiger partial charge < -0.3 is 9.72 Å². The average molecular weight is 354 g/mol. The van der Waals surface area contributed by atoms with Crippen LogP contribution in [0.4, 0.5) is 0 Å². The molecule has 5 heteroatoms. The first-order chi connectivity index (χ1) is 12.2. The first-order valence-corrected chi connectivity index (χ1v) is 9.75. The van der Waals surface area contributed by atoms with E-state index in [-0.39, 0.29) is 5.56 Å². The van der Waals surface area contributed by atoms with Crippen LogP contribution in [-0.4, -0.2) is 16.6 Å². The Morgan fingerprint density at radius 3 is 2.88 bits per heavy atom. The highest BCUT2D eigenvalue weighted by Crippen LogP contribution is 2.36. The van der Waals surface area contributed by atoms with E-state index in [1.54, 1.807) is 11.3 Å². The highest BCUT2D eigenvalue weighted by molar-refractivity contribution is 7.18. The van der Waals surface area contributed by atoms with E-state index in [9.17, 15) is 4.79 Å². The molecule has 0 fully saturated rings.